The molecule has 0 fully saturated rings. The third kappa shape index (κ3) is 2.33. The van der Waals surface area contributed by atoms with Crippen molar-refractivity contribution in [2.24, 2.45) is 0 Å². The van der Waals surface area contributed by atoms with Crippen molar-refractivity contribution >= 4 is 11.8 Å². The summed E-state index contributed by atoms with van der Waals surface area (Å²) >= 11 is 0. The van der Waals surface area contributed by atoms with E-state index in [-0.39, 0.29) is 0 Å². The van der Waals surface area contributed by atoms with Gasteiger partial charge in [-0.05, 0) is 25.0 Å². The molecule has 0 aromatic heterocycles. The van der Waals surface area contributed by atoms with Gasteiger partial charge >= 0.3 is 0 Å². The molecule has 0 saturated heterocycles. The molecule has 1 aromatic rings. The first-order valence-corrected chi connectivity index (χ1v) is 4.31. The lowest BCUT2D eigenvalue weighted by Gasteiger charge is -2.10. The van der Waals surface area contributed by atoms with Gasteiger partial charge in [0.25, 0.3) is 0 Å². The van der Waals surface area contributed by atoms with Crippen LogP contribution in [0.5, 0.6) is 0 Å². The molecule has 0 atom stereocenters. The van der Waals surface area contributed by atoms with Gasteiger partial charge in [-0.3, -0.25) is 10.3 Å². The van der Waals surface area contributed by atoms with Crippen molar-refractivity contribution < 1.29 is 4.84 Å². The molecule has 2 nitrogen and oxygen atoms in total. The molecule has 1 N–H and O–H groups in total. The van der Waals surface area contributed by atoms with Crippen molar-refractivity contribution in [1.29, 1.82) is 0 Å². The highest BCUT2D eigenvalue weighted by Crippen LogP contribution is 2.21. The van der Waals surface area contributed by atoms with Crippen LogP contribution in [0.25, 0.3) is 6.08 Å². The largest absolute Gasteiger partial charge is 0.279 e. The lowest BCUT2D eigenvalue weighted by atomic mass is 10.1. The van der Waals surface area contributed by atoms with E-state index in [9.17, 15) is 0 Å². The number of hydrogen-bond donors (Lipinski definition) is 1. The Balaban J connectivity index is 3.09. The van der Waals surface area contributed by atoms with Gasteiger partial charge in [0.2, 0.25) is 0 Å². The van der Waals surface area contributed by atoms with Crippen LogP contribution in [0, 0.1) is 6.92 Å². The summed E-state index contributed by atoms with van der Waals surface area (Å²) in [6.45, 7) is 4.05. The first-order chi connectivity index (χ1) is 6.29. The minimum absolute atomic E-state index is 1.03. The molecule has 0 aliphatic carbocycles. The standard InChI is InChI=1S/C11H15NO/c1-4-6-10-8-5-7-9(2)11(10)12-13-3/h4-8,12H,1-3H3/b6-4-. The lowest BCUT2D eigenvalue weighted by Crippen LogP contribution is -1.99. The molecular formula is C11H15NO. The van der Waals surface area contributed by atoms with E-state index in [0.29, 0.717) is 0 Å². The average molecular weight is 177 g/mol. The van der Waals surface area contributed by atoms with Crippen LogP contribution < -0.4 is 5.48 Å². The Labute approximate surface area is 79.2 Å². The van der Waals surface area contributed by atoms with Crippen molar-refractivity contribution in [1.82, 2.24) is 0 Å². The van der Waals surface area contributed by atoms with E-state index in [1.807, 2.05) is 44.2 Å². The predicted octanol–water partition coefficient (Wildman–Crippen LogP) is 3.00. The molecule has 0 unspecified atom stereocenters. The summed E-state index contributed by atoms with van der Waals surface area (Å²) in [7, 11) is 1.62. The Kier molecular flexibility index (Phi) is 3.53. The summed E-state index contributed by atoms with van der Waals surface area (Å²) in [4.78, 5) is 4.91. The van der Waals surface area contributed by atoms with Gasteiger partial charge in [0, 0.05) is 0 Å². The van der Waals surface area contributed by atoms with Gasteiger partial charge in [-0.15, -0.1) is 0 Å². The zero-order chi connectivity index (χ0) is 9.68. The second kappa shape index (κ2) is 4.67. The zero-order valence-electron chi connectivity index (χ0n) is 8.29. The summed E-state index contributed by atoms with van der Waals surface area (Å²) in [6.07, 6.45) is 4.06. The van der Waals surface area contributed by atoms with Gasteiger partial charge < -0.3 is 0 Å². The highest BCUT2D eigenvalue weighted by Gasteiger charge is 2.00. The fourth-order valence-corrected chi connectivity index (χ4v) is 1.25. The van der Waals surface area contributed by atoms with E-state index < -0.39 is 0 Å². The predicted molar refractivity (Wildman–Crippen MR) is 56.5 cm³/mol. The van der Waals surface area contributed by atoms with E-state index in [1.165, 1.54) is 5.56 Å². The minimum Gasteiger partial charge on any atom is -0.279 e. The van der Waals surface area contributed by atoms with Crippen LogP contribution in [0.4, 0.5) is 5.69 Å². The fourth-order valence-electron chi connectivity index (χ4n) is 1.25. The van der Waals surface area contributed by atoms with E-state index >= 15 is 0 Å². The van der Waals surface area contributed by atoms with Crippen molar-refractivity contribution in [3.63, 3.8) is 0 Å². The molecule has 0 heterocycles. The van der Waals surface area contributed by atoms with E-state index in [0.717, 1.165) is 11.3 Å². The second-order valence-corrected chi connectivity index (χ2v) is 2.85. The van der Waals surface area contributed by atoms with Crippen LogP contribution in [0.15, 0.2) is 24.3 Å². The van der Waals surface area contributed by atoms with Crippen LogP contribution in [0.1, 0.15) is 18.1 Å². The first kappa shape index (κ1) is 9.81. The maximum absolute atomic E-state index is 4.91. The van der Waals surface area contributed by atoms with Crippen molar-refractivity contribution in [3.05, 3.63) is 35.4 Å². The maximum Gasteiger partial charge on any atom is 0.0705 e. The van der Waals surface area contributed by atoms with Crippen molar-refractivity contribution in [2.75, 3.05) is 12.6 Å². The quantitative estimate of drug-likeness (QED) is 0.716. The van der Waals surface area contributed by atoms with Gasteiger partial charge in [0.05, 0.1) is 12.8 Å². The van der Waals surface area contributed by atoms with Crippen LogP contribution in [0.3, 0.4) is 0 Å². The molecular weight excluding hydrogens is 162 g/mol. The highest BCUT2D eigenvalue weighted by molar-refractivity contribution is 5.68. The first-order valence-electron chi connectivity index (χ1n) is 4.31. The Hall–Kier alpha value is -1.28. The molecule has 13 heavy (non-hydrogen) atoms. The Morgan fingerprint density at radius 2 is 2.15 bits per heavy atom. The molecule has 2 heteroatoms. The number of rotatable bonds is 3. The third-order valence-electron chi connectivity index (χ3n) is 1.86. The molecule has 0 bridgehead atoms. The number of para-hydroxylation sites is 1. The van der Waals surface area contributed by atoms with E-state index in [1.54, 1.807) is 7.11 Å². The zero-order valence-corrected chi connectivity index (χ0v) is 8.29. The van der Waals surface area contributed by atoms with Gasteiger partial charge in [-0.25, -0.2) is 0 Å². The maximum atomic E-state index is 4.91. The van der Waals surface area contributed by atoms with E-state index in [2.05, 4.69) is 5.48 Å². The number of anilines is 1. The second-order valence-electron chi connectivity index (χ2n) is 2.85. The van der Waals surface area contributed by atoms with Gasteiger partial charge in [0.1, 0.15) is 0 Å². The van der Waals surface area contributed by atoms with Crippen molar-refractivity contribution in [3.8, 4) is 0 Å². The lowest BCUT2D eigenvalue weighted by molar-refractivity contribution is 0.270. The molecule has 0 aliphatic rings. The fraction of sp³-hybridized carbons (Fsp3) is 0.273. The van der Waals surface area contributed by atoms with Crippen LogP contribution in [-0.2, 0) is 4.84 Å². The topological polar surface area (TPSA) is 21.3 Å². The highest BCUT2D eigenvalue weighted by atomic mass is 16.6. The summed E-state index contributed by atoms with van der Waals surface area (Å²) in [6, 6.07) is 6.13. The summed E-state index contributed by atoms with van der Waals surface area (Å²) < 4.78 is 0. The molecule has 70 valence electrons. The average Bonchev–Trinajstić information content (AvgIpc) is 2.11. The van der Waals surface area contributed by atoms with Gasteiger partial charge in [0.15, 0.2) is 0 Å². The molecule has 1 rings (SSSR count). The Morgan fingerprint density at radius 1 is 1.38 bits per heavy atom. The van der Waals surface area contributed by atoms with Crippen LogP contribution in [-0.4, -0.2) is 7.11 Å². The number of nitrogens with one attached hydrogen (secondary N) is 1. The summed E-state index contributed by atoms with van der Waals surface area (Å²) in [5.41, 5.74) is 6.23. The van der Waals surface area contributed by atoms with Gasteiger partial charge in [-0.1, -0.05) is 30.4 Å². The monoisotopic (exact) mass is 177 g/mol. The van der Waals surface area contributed by atoms with Gasteiger partial charge in [-0.2, -0.15) is 0 Å². The summed E-state index contributed by atoms with van der Waals surface area (Å²) in [5, 5.41) is 0. The summed E-state index contributed by atoms with van der Waals surface area (Å²) in [5.74, 6) is 0. The number of allylic oxidation sites excluding steroid dienone is 1. The minimum atomic E-state index is 1.03. The molecule has 0 saturated carbocycles. The molecule has 0 amide bonds. The Morgan fingerprint density at radius 3 is 2.77 bits per heavy atom. The normalized spacial score (nSPS) is 10.7. The smallest absolute Gasteiger partial charge is 0.0705 e. The van der Waals surface area contributed by atoms with Crippen LogP contribution in [0.2, 0.25) is 0 Å². The number of hydrogen-bond acceptors (Lipinski definition) is 2. The molecule has 0 aliphatic heterocycles. The van der Waals surface area contributed by atoms with Crippen LogP contribution >= 0.6 is 0 Å². The molecule has 0 radical (unpaired) electrons. The third-order valence-corrected chi connectivity index (χ3v) is 1.86. The number of aryl methyl sites for hydroxylation is 1. The molecule has 1 aromatic carbocycles. The van der Waals surface area contributed by atoms with Crippen molar-refractivity contribution in [2.45, 2.75) is 13.8 Å². The van der Waals surface area contributed by atoms with E-state index in [4.69, 9.17) is 4.84 Å². The Bertz CT molecular complexity index is 305. The SMILES string of the molecule is C/C=C\c1cccc(C)c1NOC. The molecule has 0 spiro atoms. The number of benzene rings is 1.